The van der Waals surface area contributed by atoms with Crippen molar-refractivity contribution in [1.29, 1.82) is 5.26 Å². The number of carbonyl (C=O) groups excluding carboxylic acids is 2. The monoisotopic (exact) mass is 883 g/mol. The van der Waals surface area contributed by atoms with E-state index in [1.165, 1.54) is 16.9 Å². The molecule has 15 heteroatoms. The van der Waals surface area contributed by atoms with Gasteiger partial charge in [-0.3, -0.25) is 9.59 Å². The quantitative estimate of drug-likeness (QED) is 0.107. The number of hydrogen-bond acceptors (Lipinski definition) is 8. The Morgan fingerprint density at radius 2 is 1.79 bits per heavy atom. The van der Waals surface area contributed by atoms with Crippen LogP contribution in [0.3, 0.4) is 0 Å². The molecule has 2 saturated carbocycles. The predicted octanol–water partition coefficient (Wildman–Crippen LogP) is 11.8. The predicted molar refractivity (Wildman–Crippen MR) is 221 cm³/mol. The molecule has 1 aromatic carbocycles. The van der Waals surface area contributed by atoms with Gasteiger partial charge in [0.2, 0.25) is 5.88 Å². The molecule has 2 aliphatic heterocycles. The second kappa shape index (κ2) is 18.1. The van der Waals surface area contributed by atoms with Crippen molar-refractivity contribution < 1.29 is 50.1 Å². The van der Waals surface area contributed by atoms with Gasteiger partial charge < -0.3 is 19.1 Å². The average molecular weight is 884 g/mol. The highest BCUT2D eigenvalue weighted by atomic mass is 32.1. The van der Waals surface area contributed by atoms with E-state index in [2.05, 4.69) is 24.6 Å². The van der Waals surface area contributed by atoms with Crippen LogP contribution in [-0.4, -0.2) is 53.0 Å². The van der Waals surface area contributed by atoms with E-state index in [1.54, 1.807) is 6.08 Å². The molecule has 4 aliphatic rings. The number of thiophene rings is 1. The number of pyridine rings is 1. The molecule has 0 spiro atoms. The fourth-order valence-corrected chi connectivity index (χ4v) is 10.6. The number of piperidine rings is 1. The third-order valence-electron chi connectivity index (χ3n) is 13.5. The van der Waals surface area contributed by atoms with Gasteiger partial charge in [-0.15, -0.1) is 11.3 Å². The van der Waals surface area contributed by atoms with Gasteiger partial charge in [-0.05, 0) is 108 Å². The molecule has 8 nitrogen and oxygen atoms in total. The van der Waals surface area contributed by atoms with Gasteiger partial charge in [-0.1, -0.05) is 48.9 Å². The Hall–Kier alpha value is -4.84. The number of Topliss-reactive ketones (excluding diaryl/α,β-unsaturated/α-hetero) is 1. The minimum atomic E-state index is -4.97. The fourth-order valence-electron chi connectivity index (χ4n) is 9.92. The molecule has 2 unspecified atom stereocenters. The van der Waals surface area contributed by atoms with Crippen LogP contribution in [0, 0.1) is 22.7 Å². The molecular weight excluding hydrogens is 833 g/mol. The maximum absolute atomic E-state index is 15.4. The third-order valence-corrected chi connectivity index (χ3v) is 14.5. The lowest BCUT2D eigenvalue weighted by molar-refractivity contribution is -0.150. The first-order valence-electron chi connectivity index (χ1n) is 21.4. The summed E-state index contributed by atoms with van der Waals surface area (Å²) < 4.78 is 104. The van der Waals surface area contributed by atoms with Crippen LogP contribution in [0.1, 0.15) is 123 Å². The van der Waals surface area contributed by atoms with Crippen molar-refractivity contribution in [2.24, 2.45) is 11.3 Å². The Bertz CT molecular complexity index is 2200. The first-order chi connectivity index (χ1) is 29.5. The van der Waals surface area contributed by atoms with E-state index in [4.69, 9.17) is 14.2 Å². The molecule has 2 aromatic heterocycles. The van der Waals surface area contributed by atoms with Gasteiger partial charge in [-0.2, -0.15) is 31.6 Å². The standard InChI is InChI=1S/C47H51F6N3O5S/c1-31(2)43(18-9-19-43)20-11-27-59-36-13-7-6-12-34(36)44(30-54)22-15-32(16-23-44)40(57)45(61-33-28-38(62-29-33)47(51,52)53)21-10-25-56-37(45)14-5-3-4-8-26-60-41-39(42(56)58)35(17-24-55-41)46(48,49)50/h3,5-7,12-13,17,24,28-29,32,37H,1,4,8-11,14-16,18-23,25-27H2,2H3. The van der Waals surface area contributed by atoms with E-state index >= 15 is 4.79 Å². The van der Waals surface area contributed by atoms with Crippen LogP contribution in [0.25, 0.3) is 0 Å². The van der Waals surface area contributed by atoms with Gasteiger partial charge >= 0.3 is 12.4 Å². The third kappa shape index (κ3) is 8.99. The molecule has 0 bridgehead atoms. The van der Waals surface area contributed by atoms with Crippen LogP contribution in [0.2, 0.25) is 0 Å². The normalized spacial score (nSPS) is 25.4. The molecule has 1 amide bonds. The number of alkyl halides is 6. The summed E-state index contributed by atoms with van der Waals surface area (Å²) in [6.07, 6.45) is 1.82. The van der Waals surface area contributed by atoms with Gasteiger partial charge in [0.15, 0.2) is 11.4 Å². The highest BCUT2D eigenvalue weighted by Gasteiger charge is 2.57. The highest BCUT2D eigenvalue weighted by molar-refractivity contribution is 7.10. The summed E-state index contributed by atoms with van der Waals surface area (Å²) in [5, 5.41) is 12.0. The van der Waals surface area contributed by atoms with E-state index in [-0.39, 0.29) is 69.3 Å². The number of nitrogens with zero attached hydrogens (tertiary/aromatic N) is 3. The number of benzene rings is 1. The Balaban J connectivity index is 1.21. The molecule has 0 radical (unpaired) electrons. The summed E-state index contributed by atoms with van der Waals surface area (Å²) >= 11 is 0.392. The van der Waals surface area contributed by atoms with Crippen molar-refractivity contribution >= 4 is 23.0 Å². The van der Waals surface area contributed by atoms with Crippen LogP contribution >= 0.6 is 11.3 Å². The molecule has 62 heavy (non-hydrogen) atoms. The largest absolute Gasteiger partial charge is 0.493 e. The topological polar surface area (TPSA) is 102 Å². The number of allylic oxidation sites excluding steroid dienone is 2. The minimum absolute atomic E-state index is 0.00780. The zero-order valence-electron chi connectivity index (χ0n) is 34.7. The number of para-hydroxylation sites is 1. The van der Waals surface area contributed by atoms with E-state index < -0.39 is 68.9 Å². The molecule has 3 fully saturated rings. The second-order valence-electron chi connectivity index (χ2n) is 17.2. The zero-order chi connectivity index (χ0) is 44.3. The number of rotatable bonds is 11. The van der Waals surface area contributed by atoms with Crippen LogP contribution in [0.5, 0.6) is 17.4 Å². The van der Waals surface area contributed by atoms with Gasteiger partial charge in [0.05, 0.1) is 36.3 Å². The molecular formula is C47H51F6N3O5S. The summed E-state index contributed by atoms with van der Waals surface area (Å²) in [5.41, 5.74) is -2.98. The lowest BCUT2D eigenvalue weighted by Crippen LogP contribution is -2.66. The van der Waals surface area contributed by atoms with Crippen molar-refractivity contribution in [3.8, 4) is 23.4 Å². The van der Waals surface area contributed by atoms with Crippen molar-refractivity contribution in [1.82, 2.24) is 9.88 Å². The Labute approximate surface area is 361 Å². The lowest BCUT2D eigenvalue weighted by atomic mass is 9.62. The van der Waals surface area contributed by atoms with Gasteiger partial charge in [0.25, 0.3) is 5.91 Å². The summed E-state index contributed by atoms with van der Waals surface area (Å²) in [5.74, 6) is -2.45. The number of ether oxygens (including phenoxy) is 3. The number of ketones is 1. The van der Waals surface area contributed by atoms with Gasteiger partial charge in [0.1, 0.15) is 21.9 Å². The number of hydrogen-bond donors (Lipinski definition) is 0. The summed E-state index contributed by atoms with van der Waals surface area (Å²) in [7, 11) is 0. The van der Waals surface area contributed by atoms with Crippen molar-refractivity contribution in [2.75, 3.05) is 19.8 Å². The van der Waals surface area contributed by atoms with Crippen molar-refractivity contribution in [2.45, 2.75) is 126 Å². The second-order valence-corrected chi connectivity index (χ2v) is 18.1. The molecule has 2 atom stereocenters. The smallest absolute Gasteiger partial charge is 0.425 e. The number of carbonyl (C=O) groups is 2. The van der Waals surface area contributed by atoms with Crippen LogP contribution < -0.4 is 14.2 Å². The van der Waals surface area contributed by atoms with Crippen LogP contribution in [-0.2, 0) is 22.6 Å². The minimum Gasteiger partial charge on any atom is -0.493 e. The number of fused-ring (bicyclic) bond motifs is 2. The van der Waals surface area contributed by atoms with Gasteiger partial charge in [0, 0.05) is 35.7 Å². The molecule has 4 heterocycles. The fraction of sp³-hybridized carbons (Fsp3) is 0.532. The maximum atomic E-state index is 15.4. The first-order valence-corrected chi connectivity index (χ1v) is 22.3. The molecule has 1 saturated heterocycles. The summed E-state index contributed by atoms with van der Waals surface area (Å²) in [4.78, 5) is 34.3. The lowest BCUT2D eigenvalue weighted by Gasteiger charge is -2.50. The molecule has 2 aliphatic carbocycles. The molecule has 7 rings (SSSR count). The Kier molecular flexibility index (Phi) is 13.2. The number of halogens is 6. The molecule has 332 valence electrons. The zero-order valence-corrected chi connectivity index (χ0v) is 35.5. The van der Waals surface area contributed by atoms with Gasteiger partial charge in [-0.25, -0.2) is 4.98 Å². The first kappa shape index (κ1) is 45.2. The van der Waals surface area contributed by atoms with E-state index in [0.717, 1.165) is 43.3 Å². The number of nitriles is 1. The molecule has 0 N–H and O–H groups in total. The van der Waals surface area contributed by atoms with Crippen LogP contribution in [0.15, 0.2) is 72.3 Å². The van der Waals surface area contributed by atoms with E-state index in [9.17, 15) is 36.4 Å². The Morgan fingerprint density at radius 3 is 2.45 bits per heavy atom. The Morgan fingerprint density at radius 1 is 1.03 bits per heavy atom. The highest BCUT2D eigenvalue weighted by Crippen LogP contribution is 2.51. The van der Waals surface area contributed by atoms with E-state index in [0.29, 0.717) is 48.2 Å². The SMILES string of the molecule is C=C(C)C1(CCCOc2ccccc2C2(C#N)CCC(C(=O)C3(Oc4csc(C(F)(F)F)c4)CCCN4C(=O)c5c(C(F)(F)F)ccnc5OCCCC=CCC43)CC2)CCC1. The van der Waals surface area contributed by atoms with E-state index in [1.807, 2.05) is 30.3 Å². The van der Waals surface area contributed by atoms with Crippen molar-refractivity contribution in [3.05, 3.63) is 93.8 Å². The molecule has 3 aromatic rings. The summed E-state index contributed by atoms with van der Waals surface area (Å²) in [6.45, 7) is 6.68. The number of aromatic nitrogens is 1. The van der Waals surface area contributed by atoms with Crippen molar-refractivity contribution in [3.63, 3.8) is 0 Å². The number of amides is 1. The summed E-state index contributed by atoms with van der Waals surface area (Å²) in [6, 6.07) is 10.2. The van der Waals surface area contributed by atoms with Crippen LogP contribution in [0.4, 0.5) is 26.3 Å². The maximum Gasteiger partial charge on any atom is 0.425 e. The average Bonchev–Trinajstić information content (AvgIpc) is 3.71.